The smallest absolute Gasteiger partial charge is 0.253 e. The summed E-state index contributed by atoms with van der Waals surface area (Å²) in [6.07, 6.45) is 4.08. The minimum absolute atomic E-state index is 0.131. The van der Waals surface area contributed by atoms with Crippen molar-refractivity contribution >= 4 is 5.91 Å². The van der Waals surface area contributed by atoms with Gasteiger partial charge in [0.2, 0.25) is 0 Å². The van der Waals surface area contributed by atoms with Gasteiger partial charge in [-0.1, -0.05) is 42.0 Å². The lowest BCUT2D eigenvalue weighted by atomic mass is 9.89. The zero-order chi connectivity index (χ0) is 19.7. The van der Waals surface area contributed by atoms with E-state index in [1.165, 1.54) is 11.1 Å². The van der Waals surface area contributed by atoms with Crippen molar-refractivity contribution in [2.75, 3.05) is 13.1 Å². The summed E-state index contributed by atoms with van der Waals surface area (Å²) in [5, 5.41) is 4.31. The fourth-order valence-corrected chi connectivity index (χ4v) is 4.11. The van der Waals surface area contributed by atoms with Crippen LogP contribution in [0.3, 0.4) is 0 Å². The van der Waals surface area contributed by atoms with Crippen molar-refractivity contribution in [2.45, 2.75) is 32.6 Å². The first-order valence-electron chi connectivity index (χ1n) is 9.98. The van der Waals surface area contributed by atoms with Gasteiger partial charge in [0.15, 0.2) is 0 Å². The molecule has 1 fully saturated rings. The fourth-order valence-electron chi connectivity index (χ4n) is 4.11. The van der Waals surface area contributed by atoms with Crippen LogP contribution < -0.4 is 0 Å². The van der Waals surface area contributed by atoms with Crippen LogP contribution in [0, 0.1) is 13.8 Å². The van der Waals surface area contributed by atoms with Crippen LogP contribution in [0.5, 0.6) is 0 Å². The predicted octanol–water partition coefficient (Wildman–Crippen LogP) is 4.72. The molecule has 4 rings (SSSR count). The third-order valence-corrected chi connectivity index (χ3v) is 5.90. The molecule has 0 saturated carbocycles. The lowest BCUT2D eigenvalue weighted by Gasteiger charge is -2.33. The molecule has 144 valence electrons. The van der Waals surface area contributed by atoms with Crippen LogP contribution in [0.2, 0.25) is 0 Å². The van der Waals surface area contributed by atoms with Gasteiger partial charge in [-0.2, -0.15) is 5.10 Å². The van der Waals surface area contributed by atoms with Gasteiger partial charge in [0.1, 0.15) is 0 Å². The van der Waals surface area contributed by atoms with E-state index in [-0.39, 0.29) is 5.91 Å². The second-order valence-electron chi connectivity index (χ2n) is 7.85. The van der Waals surface area contributed by atoms with E-state index < -0.39 is 0 Å². The van der Waals surface area contributed by atoms with E-state index in [1.54, 1.807) is 0 Å². The van der Waals surface area contributed by atoms with Crippen molar-refractivity contribution in [3.8, 4) is 11.1 Å². The van der Waals surface area contributed by atoms with Gasteiger partial charge in [-0.3, -0.25) is 9.48 Å². The van der Waals surface area contributed by atoms with Crippen molar-refractivity contribution < 1.29 is 4.79 Å². The molecule has 1 saturated heterocycles. The lowest BCUT2D eigenvalue weighted by Crippen LogP contribution is -2.39. The van der Waals surface area contributed by atoms with Gasteiger partial charge in [0.05, 0.1) is 6.20 Å². The van der Waals surface area contributed by atoms with Crippen LogP contribution in [0.4, 0.5) is 0 Å². The summed E-state index contributed by atoms with van der Waals surface area (Å²) in [6, 6.07) is 16.6. The number of likely N-dealkylation sites (tertiary alicyclic amines) is 1. The Balaban J connectivity index is 1.50. The minimum atomic E-state index is 0.131. The number of carbonyl (C=O) groups is 1. The number of nitrogens with zero attached hydrogens (tertiary/aromatic N) is 3. The van der Waals surface area contributed by atoms with Crippen molar-refractivity contribution in [2.24, 2.45) is 7.05 Å². The van der Waals surface area contributed by atoms with Crippen molar-refractivity contribution in [3.05, 3.63) is 77.1 Å². The van der Waals surface area contributed by atoms with E-state index >= 15 is 0 Å². The summed E-state index contributed by atoms with van der Waals surface area (Å²) >= 11 is 0. The molecule has 3 aromatic rings. The molecule has 4 nitrogen and oxygen atoms in total. The number of amides is 1. The maximum absolute atomic E-state index is 13.1. The largest absolute Gasteiger partial charge is 0.338 e. The van der Waals surface area contributed by atoms with E-state index in [4.69, 9.17) is 0 Å². The van der Waals surface area contributed by atoms with Gasteiger partial charge < -0.3 is 4.90 Å². The number of piperidine rings is 1. The Hall–Kier alpha value is -2.88. The zero-order valence-corrected chi connectivity index (χ0v) is 16.9. The first kappa shape index (κ1) is 18.5. The summed E-state index contributed by atoms with van der Waals surface area (Å²) < 4.78 is 1.87. The number of hydrogen-bond donors (Lipinski definition) is 0. The summed E-state index contributed by atoms with van der Waals surface area (Å²) in [5.41, 5.74) is 6.71. The molecule has 1 aromatic heterocycles. The van der Waals surface area contributed by atoms with Crippen LogP contribution >= 0.6 is 0 Å². The van der Waals surface area contributed by atoms with E-state index in [2.05, 4.69) is 43.2 Å². The molecule has 0 unspecified atom stereocenters. The average molecular weight is 374 g/mol. The quantitative estimate of drug-likeness (QED) is 0.666. The normalized spacial score (nSPS) is 17.0. The van der Waals surface area contributed by atoms with Crippen LogP contribution in [-0.4, -0.2) is 33.7 Å². The number of benzene rings is 2. The molecule has 0 bridgehead atoms. The third-order valence-electron chi connectivity index (χ3n) is 5.90. The van der Waals surface area contributed by atoms with E-state index in [0.29, 0.717) is 5.92 Å². The lowest BCUT2D eigenvalue weighted by molar-refractivity contribution is 0.0707. The predicted molar refractivity (Wildman–Crippen MR) is 112 cm³/mol. The molecule has 1 aliphatic rings. The van der Waals surface area contributed by atoms with Gasteiger partial charge >= 0.3 is 0 Å². The van der Waals surface area contributed by atoms with Crippen molar-refractivity contribution in [1.82, 2.24) is 14.7 Å². The summed E-state index contributed by atoms with van der Waals surface area (Å²) in [4.78, 5) is 15.1. The van der Waals surface area contributed by atoms with Gasteiger partial charge in [-0.05, 0) is 49.9 Å². The highest BCUT2D eigenvalue weighted by atomic mass is 16.2. The topological polar surface area (TPSA) is 38.1 Å². The number of hydrogen-bond acceptors (Lipinski definition) is 2. The SMILES string of the molecule is Cc1cccc([C@@H]2CCCN(C(=O)c3ccc(-c4cnn(C)c4C)cc3)C2)c1. The monoisotopic (exact) mass is 373 g/mol. The summed E-state index contributed by atoms with van der Waals surface area (Å²) in [7, 11) is 1.94. The van der Waals surface area contributed by atoms with E-state index in [9.17, 15) is 4.79 Å². The third kappa shape index (κ3) is 3.59. The zero-order valence-electron chi connectivity index (χ0n) is 16.9. The summed E-state index contributed by atoms with van der Waals surface area (Å²) in [5.74, 6) is 0.557. The van der Waals surface area contributed by atoms with Crippen molar-refractivity contribution in [1.29, 1.82) is 0 Å². The summed E-state index contributed by atoms with van der Waals surface area (Å²) in [6.45, 7) is 5.82. The van der Waals surface area contributed by atoms with Gasteiger partial charge in [0.25, 0.3) is 5.91 Å². The standard InChI is InChI=1S/C24H27N3O/c1-17-6-4-7-21(14-17)22-8-5-13-27(16-22)24(28)20-11-9-19(10-12-20)23-15-25-26(3)18(23)2/h4,6-7,9-12,14-15,22H,5,8,13,16H2,1-3H3/t22-/m1/s1. The van der Waals surface area contributed by atoms with Gasteiger partial charge in [-0.15, -0.1) is 0 Å². The highest BCUT2D eigenvalue weighted by Gasteiger charge is 2.25. The molecule has 0 N–H and O–H groups in total. The van der Waals surface area contributed by atoms with Crippen LogP contribution in [-0.2, 0) is 7.05 Å². The maximum Gasteiger partial charge on any atom is 0.253 e. The Bertz CT molecular complexity index is 987. The first-order valence-corrected chi connectivity index (χ1v) is 9.98. The second-order valence-corrected chi connectivity index (χ2v) is 7.85. The second kappa shape index (κ2) is 7.63. The van der Waals surface area contributed by atoms with Gasteiger partial charge in [0, 0.05) is 42.9 Å². The first-order chi connectivity index (χ1) is 13.5. The molecule has 1 atom stereocenters. The highest BCUT2D eigenvalue weighted by molar-refractivity contribution is 5.94. The molecular weight excluding hydrogens is 346 g/mol. The molecule has 0 spiro atoms. The Labute approximate surface area is 166 Å². The molecule has 28 heavy (non-hydrogen) atoms. The van der Waals surface area contributed by atoms with Crippen LogP contribution in [0.25, 0.3) is 11.1 Å². The van der Waals surface area contributed by atoms with E-state index in [1.807, 2.05) is 47.1 Å². The Morgan fingerprint density at radius 2 is 1.89 bits per heavy atom. The molecule has 4 heteroatoms. The van der Waals surface area contributed by atoms with Crippen LogP contribution in [0.1, 0.15) is 45.9 Å². The molecule has 2 heterocycles. The molecule has 1 aliphatic heterocycles. The number of rotatable bonds is 3. The number of aryl methyl sites for hydroxylation is 2. The molecular formula is C24H27N3O. The Kier molecular flexibility index (Phi) is 5.03. The molecule has 0 radical (unpaired) electrons. The highest BCUT2D eigenvalue weighted by Crippen LogP contribution is 2.29. The molecule has 0 aliphatic carbocycles. The Morgan fingerprint density at radius 3 is 2.57 bits per heavy atom. The minimum Gasteiger partial charge on any atom is -0.338 e. The number of aromatic nitrogens is 2. The average Bonchev–Trinajstić information content (AvgIpc) is 3.06. The molecule has 1 amide bonds. The van der Waals surface area contributed by atoms with Crippen molar-refractivity contribution in [3.63, 3.8) is 0 Å². The van der Waals surface area contributed by atoms with E-state index in [0.717, 1.165) is 48.3 Å². The fraction of sp³-hybridized carbons (Fsp3) is 0.333. The maximum atomic E-state index is 13.1. The molecule has 2 aromatic carbocycles. The van der Waals surface area contributed by atoms with Gasteiger partial charge in [-0.25, -0.2) is 0 Å². The number of carbonyl (C=O) groups excluding carboxylic acids is 1. The van der Waals surface area contributed by atoms with Crippen LogP contribution in [0.15, 0.2) is 54.7 Å². The Morgan fingerprint density at radius 1 is 1.11 bits per heavy atom.